The van der Waals surface area contributed by atoms with E-state index in [1.165, 1.54) is 7.11 Å². The molecule has 128 valence electrons. The molecule has 6 heteroatoms. The van der Waals surface area contributed by atoms with Crippen LogP contribution in [-0.2, 0) is 12.8 Å². The first-order chi connectivity index (χ1) is 12.0. The fourth-order valence-corrected chi connectivity index (χ4v) is 3.02. The molecule has 25 heavy (non-hydrogen) atoms. The Balaban J connectivity index is 2.13. The number of benzene rings is 2. The first-order valence-corrected chi connectivity index (χ1v) is 7.94. The van der Waals surface area contributed by atoms with Crippen molar-refractivity contribution in [1.82, 2.24) is 10.2 Å². The van der Waals surface area contributed by atoms with Crippen molar-refractivity contribution in [2.45, 2.75) is 19.8 Å². The Labute approximate surface area is 144 Å². The van der Waals surface area contributed by atoms with Gasteiger partial charge in [0.2, 0.25) is 0 Å². The summed E-state index contributed by atoms with van der Waals surface area (Å²) in [5.74, 6) is -0.647. The van der Waals surface area contributed by atoms with Crippen molar-refractivity contribution in [3.05, 3.63) is 69.1 Å². The quantitative estimate of drug-likeness (QED) is 0.746. The molecule has 6 nitrogen and oxygen atoms in total. The van der Waals surface area contributed by atoms with Gasteiger partial charge >= 0.3 is 5.97 Å². The Morgan fingerprint density at radius 1 is 1.24 bits per heavy atom. The molecular formula is C19H18N2O4. The second kappa shape index (κ2) is 6.76. The van der Waals surface area contributed by atoms with Crippen LogP contribution in [0.1, 0.15) is 34.1 Å². The number of rotatable bonds is 5. The molecule has 0 radical (unpaired) electrons. The van der Waals surface area contributed by atoms with Gasteiger partial charge in [-0.2, -0.15) is 5.10 Å². The minimum Gasteiger partial charge on any atom is -0.496 e. The van der Waals surface area contributed by atoms with Gasteiger partial charge in [-0.25, -0.2) is 9.89 Å². The Kier molecular flexibility index (Phi) is 4.52. The van der Waals surface area contributed by atoms with E-state index in [0.717, 1.165) is 16.5 Å². The van der Waals surface area contributed by atoms with Crippen LogP contribution < -0.4 is 10.3 Å². The molecule has 1 aromatic heterocycles. The van der Waals surface area contributed by atoms with Crippen LogP contribution in [0.2, 0.25) is 0 Å². The Hall–Kier alpha value is -3.15. The lowest BCUT2D eigenvalue weighted by Crippen LogP contribution is -2.12. The topological polar surface area (TPSA) is 92.3 Å². The number of aromatic carboxylic acids is 1. The molecule has 1 heterocycles. The molecular weight excluding hydrogens is 320 g/mol. The van der Waals surface area contributed by atoms with Gasteiger partial charge in [0.1, 0.15) is 11.3 Å². The number of nitrogens with one attached hydrogen (secondary N) is 1. The molecule has 0 aliphatic heterocycles. The number of nitrogens with zero attached hydrogens (tertiary/aromatic N) is 1. The summed E-state index contributed by atoms with van der Waals surface area (Å²) < 4.78 is 5.28. The zero-order valence-corrected chi connectivity index (χ0v) is 14.0. The lowest BCUT2D eigenvalue weighted by atomic mass is 9.98. The van der Waals surface area contributed by atoms with E-state index in [-0.39, 0.29) is 11.1 Å². The van der Waals surface area contributed by atoms with Gasteiger partial charge in [-0.1, -0.05) is 31.2 Å². The van der Waals surface area contributed by atoms with Crippen LogP contribution in [0, 0.1) is 0 Å². The highest BCUT2D eigenvalue weighted by atomic mass is 16.5. The van der Waals surface area contributed by atoms with Crippen molar-refractivity contribution >= 4 is 16.7 Å². The highest BCUT2D eigenvalue weighted by molar-refractivity contribution is 5.92. The largest absolute Gasteiger partial charge is 0.496 e. The Bertz CT molecular complexity index is 1010. The molecule has 0 saturated carbocycles. The summed E-state index contributed by atoms with van der Waals surface area (Å²) in [7, 11) is 1.47. The number of H-pyrrole nitrogens is 1. The fraction of sp³-hybridized carbons (Fsp3) is 0.211. The highest BCUT2D eigenvalue weighted by Gasteiger charge is 2.17. The van der Waals surface area contributed by atoms with Crippen LogP contribution in [0.25, 0.3) is 10.8 Å². The minimum atomic E-state index is -1.03. The van der Waals surface area contributed by atoms with E-state index < -0.39 is 5.97 Å². The number of ether oxygens (including phenoxy) is 1. The summed E-state index contributed by atoms with van der Waals surface area (Å²) in [6, 6.07) is 10.8. The van der Waals surface area contributed by atoms with Gasteiger partial charge in [0.15, 0.2) is 0 Å². The second-order valence-electron chi connectivity index (χ2n) is 5.72. The second-order valence-corrected chi connectivity index (χ2v) is 5.72. The molecule has 0 aliphatic rings. The summed E-state index contributed by atoms with van der Waals surface area (Å²) in [4.78, 5) is 23.5. The van der Waals surface area contributed by atoms with Crippen LogP contribution in [0.5, 0.6) is 5.75 Å². The molecule has 3 aromatic rings. The number of carboxylic acids is 1. The van der Waals surface area contributed by atoms with Gasteiger partial charge in [-0.3, -0.25) is 4.79 Å². The van der Waals surface area contributed by atoms with E-state index in [2.05, 4.69) is 10.2 Å². The average Bonchev–Trinajstić information content (AvgIpc) is 2.63. The number of hydrogen-bond donors (Lipinski definition) is 2. The maximum atomic E-state index is 11.9. The van der Waals surface area contributed by atoms with E-state index in [9.17, 15) is 14.7 Å². The number of aromatic nitrogens is 2. The van der Waals surface area contributed by atoms with Gasteiger partial charge in [0.05, 0.1) is 18.2 Å². The predicted octanol–water partition coefficient (Wildman–Crippen LogP) is 2.78. The van der Waals surface area contributed by atoms with Crippen LogP contribution in [0.4, 0.5) is 0 Å². The van der Waals surface area contributed by atoms with Crippen LogP contribution >= 0.6 is 0 Å². The first-order valence-electron chi connectivity index (χ1n) is 7.94. The van der Waals surface area contributed by atoms with Crippen LogP contribution in [0.15, 0.2) is 41.2 Å². The lowest BCUT2D eigenvalue weighted by molar-refractivity contribution is 0.0693. The maximum absolute atomic E-state index is 11.9. The Morgan fingerprint density at radius 2 is 1.96 bits per heavy atom. The minimum absolute atomic E-state index is 0.130. The van der Waals surface area contributed by atoms with Gasteiger partial charge in [0, 0.05) is 11.8 Å². The number of carboxylic acid groups (broad SMARTS) is 1. The average molecular weight is 338 g/mol. The van der Waals surface area contributed by atoms with Crippen LogP contribution in [-0.4, -0.2) is 28.4 Å². The molecule has 0 fully saturated rings. The molecule has 0 spiro atoms. The molecule has 0 bridgehead atoms. The monoisotopic (exact) mass is 338 g/mol. The van der Waals surface area contributed by atoms with E-state index in [4.69, 9.17) is 4.74 Å². The first kappa shape index (κ1) is 16.7. The standard InChI is InChI=1S/C19H18N2O4/c1-3-12-8-11(9-15(19(23)24)17(12)25-2)10-16-13-6-4-5-7-14(13)18(22)21-20-16/h4-9H,3,10H2,1-2H3,(H,21,22)(H,23,24). The molecule has 3 rings (SSSR count). The zero-order valence-electron chi connectivity index (χ0n) is 14.0. The summed E-state index contributed by atoms with van der Waals surface area (Å²) in [5.41, 5.74) is 2.21. The van der Waals surface area contributed by atoms with Gasteiger partial charge in [0.25, 0.3) is 5.56 Å². The number of aromatic amines is 1. The molecule has 2 N–H and O–H groups in total. The highest BCUT2D eigenvalue weighted by Crippen LogP contribution is 2.28. The lowest BCUT2D eigenvalue weighted by Gasteiger charge is -2.13. The van der Waals surface area contributed by atoms with E-state index in [0.29, 0.717) is 29.7 Å². The van der Waals surface area contributed by atoms with E-state index in [1.54, 1.807) is 18.2 Å². The van der Waals surface area contributed by atoms with E-state index >= 15 is 0 Å². The normalized spacial score (nSPS) is 10.8. The number of hydrogen-bond acceptors (Lipinski definition) is 4. The molecule has 0 amide bonds. The molecule has 0 saturated heterocycles. The molecule has 2 aromatic carbocycles. The molecule has 0 atom stereocenters. The Morgan fingerprint density at radius 3 is 2.60 bits per heavy atom. The van der Waals surface area contributed by atoms with Crippen molar-refractivity contribution < 1.29 is 14.6 Å². The van der Waals surface area contributed by atoms with Crippen molar-refractivity contribution in [2.24, 2.45) is 0 Å². The van der Waals surface area contributed by atoms with Crippen molar-refractivity contribution in [3.63, 3.8) is 0 Å². The number of carbonyl (C=O) groups is 1. The van der Waals surface area contributed by atoms with Crippen LogP contribution in [0.3, 0.4) is 0 Å². The van der Waals surface area contributed by atoms with Gasteiger partial charge < -0.3 is 9.84 Å². The zero-order chi connectivity index (χ0) is 18.0. The summed E-state index contributed by atoms with van der Waals surface area (Å²) in [6.07, 6.45) is 1.06. The third-order valence-electron chi connectivity index (χ3n) is 4.19. The smallest absolute Gasteiger partial charge is 0.339 e. The van der Waals surface area contributed by atoms with Gasteiger partial charge in [-0.15, -0.1) is 0 Å². The maximum Gasteiger partial charge on any atom is 0.339 e. The van der Waals surface area contributed by atoms with E-state index in [1.807, 2.05) is 25.1 Å². The number of methoxy groups -OCH3 is 1. The fourth-order valence-electron chi connectivity index (χ4n) is 3.02. The van der Waals surface area contributed by atoms with Crippen molar-refractivity contribution in [1.29, 1.82) is 0 Å². The summed E-state index contributed by atoms with van der Waals surface area (Å²) in [6.45, 7) is 1.95. The number of fused-ring (bicyclic) bond motifs is 1. The third kappa shape index (κ3) is 3.10. The van der Waals surface area contributed by atoms with Crippen molar-refractivity contribution in [2.75, 3.05) is 7.11 Å². The molecule has 0 unspecified atom stereocenters. The third-order valence-corrected chi connectivity index (χ3v) is 4.19. The van der Waals surface area contributed by atoms with Crippen molar-refractivity contribution in [3.8, 4) is 5.75 Å². The van der Waals surface area contributed by atoms with Gasteiger partial charge in [-0.05, 0) is 29.7 Å². The predicted molar refractivity (Wildman–Crippen MR) is 94.5 cm³/mol. The summed E-state index contributed by atoms with van der Waals surface area (Å²) >= 11 is 0. The SMILES string of the molecule is CCc1cc(Cc2n[nH]c(=O)c3ccccc23)cc(C(=O)O)c1OC. The summed E-state index contributed by atoms with van der Waals surface area (Å²) in [5, 5.41) is 17.5. The molecule has 0 aliphatic carbocycles. The number of aryl methyl sites for hydroxylation is 1.